The fourth-order valence-electron chi connectivity index (χ4n) is 8.88. The number of ketones is 1. The maximum atomic E-state index is 13.5. The van der Waals surface area contributed by atoms with Gasteiger partial charge in [0.15, 0.2) is 5.78 Å². The van der Waals surface area contributed by atoms with E-state index in [0.29, 0.717) is 22.4 Å². The third-order valence-electron chi connectivity index (χ3n) is 10.3. The molecule has 4 aliphatic rings. The van der Waals surface area contributed by atoms with E-state index in [2.05, 4.69) is 17.1 Å². The number of rotatable bonds is 3. The zero-order chi connectivity index (χ0) is 23.0. The Balaban J connectivity index is 1.19. The first kappa shape index (κ1) is 22.0. The smallest absolute Gasteiger partial charge is 0.159 e. The third-order valence-corrected chi connectivity index (χ3v) is 10.6. The largest absolute Gasteiger partial charge is 0.390 e. The predicted octanol–water partition coefficient (Wildman–Crippen LogP) is 5.67. The average molecular weight is 470 g/mol. The summed E-state index contributed by atoms with van der Waals surface area (Å²) in [5, 5.41) is 20.2. The minimum absolute atomic E-state index is 0.107. The molecule has 6 rings (SSSR count). The molecule has 1 N–H and O–H groups in total. The number of nitrogens with zero attached hydrogens (tertiary/aromatic N) is 3. The highest BCUT2D eigenvalue weighted by Crippen LogP contribution is 2.64. The molecular weight excluding hydrogens is 434 g/mol. The number of carbonyl (C=O) groups excluding carboxylic acids is 1. The van der Waals surface area contributed by atoms with E-state index < -0.39 is 5.60 Å². The van der Waals surface area contributed by atoms with Gasteiger partial charge in [0.1, 0.15) is 17.6 Å². The van der Waals surface area contributed by atoms with E-state index in [4.69, 9.17) is 11.6 Å². The Kier molecular flexibility index (Phi) is 5.19. The minimum atomic E-state index is -0.461. The van der Waals surface area contributed by atoms with Gasteiger partial charge >= 0.3 is 0 Å². The van der Waals surface area contributed by atoms with Crippen LogP contribution in [0.1, 0.15) is 71.6 Å². The van der Waals surface area contributed by atoms with Crippen molar-refractivity contribution in [2.24, 2.45) is 40.9 Å². The van der Waals surface area contributed by atoms with E-state index in [1.54, 1.807) is 4.80 Å². The van der Waals surface area contributed by atoms with Crippen molar-refractivity contribution in [1.82, 2.24) is 15.0 Å². The Bertz CT molecular complexity index is 1080. The Hall–Kier alpha value is -1.46. The number of halogens is 1. The Labute approximate surface area is 201 Å². The molecule has 0 amide bonds. The molecule has 0 spiro atoms. The van der Waals surface area contributed by atoms with E-state index in [1.165, 1.54) is 32.1 Å². The van der Waals surface area contributed by atoms with Crippen molar-refractivity contribution in [2.75, 3.05) is 0 Å². The van der Waals surface area contributed by atoms with Crippen LogP contribution in [0, 0.1) is 40.9 Å². The molecule has 8 atom stereocenters. The van der Waals surface area contributed by atoms with Crippen molar-refractivity contribution in [1.29, 1.82) is 0 Å². The van der Waals surface area contributed by atoms with Gasteiger partial charge in [0.25, 0.3) is 0 Å². The molecular formula is C27H36ClN3O2. The van der Waals surface area contributed by atoms with E-state index in [9.17, 15) is 9.90 Å². The number of aromatic nitrogens is 3. The molecule has 1 aromatic carbocycles. The van der Waals surface area contributed by atoms with Gasteiger partial charge in [0, 0.05) is 5.92 Å². The van der Waals surface area contributed by atoms with Crippen LogP contribution in [0.4, 0.5) is 0 Å². The first-order chi connectivity index (χ1) is 15.7. The molecule has 2 aromatic rings. The number of benzene rings is 1. The highest BCUT2D eigenvalue weighted by molar-refractivity contribution is 6.34. The van der Waals surface area contributed by atoms with Crippen LogP contribution in [-0.4, -0.2) is 31.5 Å². The summed E-state index contributed by atoms with van der Waals surface area (Å²) in [4.78, 5) is 15.1. The Morgan fingerprint density at radius 3 is 2.70 bits per heavy atom. The summed E-state index contributed by atoms with van der Waals surface area (Å²) in [6.07, 6.45) is 10.3. The Morgan fingerprint density at radius 2 is 1.88 bits per heavy atom. The van der Waals surface area contributed by atoms with Crippen molar-refractivity contribution in [3.05, 3.63) is 23.2 Å². The summed E-state index contributed by atoms with van der Waals surface area (Å²) in [5.41, 5.74) is 1.06. The van der Waals surface area contributed by atoms with E-state index in [0.717, 1.165) is 49.0 Å². The molecule has 0 saturated heterocycles. The number of carbonyl (C=O) groups is 1. The highest BCUT2D eigenvalue weighted by atomic mass is 35.5. The second-order valence-corrected chi connectivity index (χ2v) is 12.6. The van der Waals surface area contributed by atoms with Gasteiger partial charge in [0.05, 0.1) is 10.6 Å². The second-order valence-electron chi connectivity index (χ2n) is 12.2. The summed E-state index contributed by atoms with van der Waals surface area (Å²) in [6, 6.07) is 5.58. The van der Waals surface area contributed by atoms with Gasteiger partial charge in [-0.15, -0.1) is 0 Å². The van der Waals surface area contributed by atoms with Crippen LogP contribution in [0.2, 0.25) is 5.02 Å². The van der Waals surface area contributed by atoms with Crippen LogP contribution < -0.4 is 0 Å². The molecule has 0 radical (unpaired) electrons. The van der Waals surface area contributed by atoms with Gasteiger partial charge in [-0.1, -0.05) is 24.6 Å². The molecule has 4 fully saturated rings. The van der Waals surface area contributed by atoms with Crippen LogP contribution in [0.25, 0.3) is 11.0 Å². The maximum absolute atomic E-state index is 13.5. The SMILES string of the molecule is C[C@@]1(O)CC[C@H]2[C@H](CC[C@@H]3[C@@H]2CC[C@]2(C)[C@@H](C(=O)Cn4nc5cccc(Cl)c5n4)CC[C@@H]32)C1. The molecule has 4 aliphatic carbocycles. The Morgan fingerprint density at radius 1 is 1.06 bits per heavy atom. The van der Waals surface area contributed by atoms with Gasteiger partial charge in [0.2, 0.25) is 0 Å². The van der Waals surface area contributed by atoms with Crippen LogP contribution in [0.5, 0.6) is 0 Å². The molecule has 0 bridgehead atoms. The van der Waals surface area contributed by atoms with Crippen molar-refractivity contribution >= 4 is 28.4 Å². The number of Topliss-reactive ketones (excluding diaryl/α,β-unsaturated/α-hetero) is 1. The lowest BCUT2D eigenvalue weighted by Gasteiger charge is -2.56. The number of aliphatic hydroxyl groups is 1. The summed E-state index contributed by atoms with van der Waals surface area (Å²) in [6.45, 7) is 4.68. The molecule has 33 heavy (non-hydrogen) atoms. The fraction of sp³-hybridized carbons (Fsp3) is 0.741. The lowest BCUT2D eigenvalue weighted by Crippen LogP contribution is -2.51. The normalized spacial score (nSPS) is 42.5. The number of hydrogen-bond donors (Lipinski definition) is 1. The lowest BCUT2D eigenvalue weighted by atomic mass is 9.49. The molecule has 5 nitrogen and oxygen atoms in total. The zero-order valence-electron chi connectivity index (χ0n) is 19.8. The monoisotopic (exact) mass is 469 g/mol. The van der Waals surface area contributed by atoms with E-state index >= 15 is 0 Å². The van der Waals surface area contributed by atoms with Gasteiger partial charge in [-0.3, -0.25) is 4.79 Å². The summed E-state index contributed by atoms with van der Waals surface area (Å²) in [7, 11) is 0. The zero-order valence-corrected chi connectivity index (χ0v) is 20.6. The molecule has 1 heterocycles. The molecule has 0 aliphatic heterocycles. The van der Waals surface area contributed by atoms with Gasteiger partial charge in [-0.05, 0) is 112 Å². The topological polar surface area (TPSA) is 68.0 Å². The quantitative estimate of drug-likeness (QED) is 0.628. The summed E-state index contributed by atoms with van der Waals surface area (Å²) < 4.78 is 0. The minimum Gasteiger partial charge on any atom is -0.390 e. The molecule has 178 valence electrons. The van der Waals surface area contributed by atoms with Crippen molar-refractivity contribution < 1.29 is 9.90 Å². The number of hydrogen-bond acceptors (Lipinski definition) is 4. The molecule has 1 aromatic heterocycles. The first-order valence-electron chi connectivity index (χ1n) is 13.0. The van der Waals surface area contributed by atoms with E-state index in [1.807, 2.05) is 25.1 Å². The summed E-state index contributed by atoms with van der Waals surface area (Å²) in [5.74, 6) is 4.10. The number of fused-ring (bicyclic) bond motifs is 6. The summed E-state index contributed by atoms with van der Waals surface area (Å²) >= 11 is 6.26. The average Bonchev–Trinajstić information content (AvgIpc) is 3.33. The lowest BCUT2D eigenvalue weighted by molar-refractivity contribution is -0.133. The first-order valence-corrected chi connectivity index (χ1v) is 13.4. The molecule has 0 unspecified atom stereocenters. The van der Waals surface area contributed by atoms with Gasteiger partial charge < -0.3 is 5.11 Å². The van der Waals surface area contributed by atoms with Gasteiger partial charge in [-0.25, -0.2) is 0 Å². The van der Waals surface area contributed by atoms with E-state index in [-0.39, 0.29) is 23.7 Å². The molecule has 6 heteroatoms. The van der Waals surface area contributed by atoms with Crippen molar-refractivity contribution in [3.63, 3.8) is 0 Å². The van der Waals surface area contributed by atoms with Crippen molar-refractivity contribution in [3.8, 4) is 0 Å². The third kappa shape index (κ3) is 3.56. The molecule has 4 saturated carbocycles. The maximum Gasteiger partial charge on any atom is 0.159 e. The van der Waals surface area contributed by atoms with Gasteiger partial charge in [-0.2, -0.15) is 15.0 Å². The van der Waals surface area contributed by atoms with Crippen molar-refractivity contribution in [2.45, 2.75) is 83.8 Å². The van der Waals surface area contributed by atoms with Crippen LogP contribution >= 0.6 is 11.6 Å². The van der Waals surface area contributed by atoms with Crippen LogP contribution in [0.3, 0.4) is 0 Å². The van der Waals surface area contributed by atoms with Crippen LogP contribution in [0.15, 0.2) is 18.2 Å². The second kappa shape index (κ2) is 7.78. The highest BCUT2D eigenvalue weighted by Gasteiger charge is 2.58. The fourth-order valence-corrected chi connectivity index (χ4v) is 9.08. The van der Waals surface area contributed by atoms with Crippen LogP contribution in [-0.2, 0) is 11.3 Å². The standard InChI is InChI=1S/C27H36ClN3O2/c1-26(33)12-10-17-16(14-26)6-7-19-18(17)11-13-27(2)20(19)8-9-21(27)24(32)15-31-29-23-5-3-4-22(28)25(23)30-31/h3-5,16-21,33H,6-15H2,1-2H3/t16-,17+,18-,19-,20+,21-,26-,27+/m1/s1. The predicted molar refractivity (Wildman–Crippen MR) is 129 cm³/mol.